The van der Waals surface area contributed by atoms with Crippen molar-refractivity contribution in [3.63, 3.8) is 0 Å². The van der Waals surface area contributed by atoms with Gasteiger partial charge in [0, 0.05) is 0 Å². The molecule has 0 N–H and O–H groups in total. The van der Waals surface area contributed by atoms with Crippen LogP contribution in [0.2, 0.25) is 0 Å². The molecule has 0 aliphatic rings. The average molecular weight is 254 g/mol. The molecule has 0 nitrogen and oxygen atoms in total. The Kier molecular flexibility index (Phi) is 7.27. The molecular weight excluding hydrogens is 254 g/mol. The molecule has 0 aromatic carbocycles. The minimum atomic E-state index is -6.75. The van der Waals surface area contributed by atoms with Gasteiger partial charge < -0.3 is 0 Å². The Hall–Kier alpha value is 0.649. The fourth-order valence-corrected chi connectivity index (χ4v) is 0. The van der Waals surface area contributed by atoms with E-state index in [2.05, 4.69) is 0 Å². The van der Waals surface area contributed by atoms with Crippen LogP contribution in [0.25, 0.3) is 0 Å². The zero-order valence-corrected chi connectivity index (χ0v) is 5.98. The van der Waals surface area contributed by atoms with Crippen LogP contribution >= 0.6 is 16.4 Å². The molecule has 0 spiro atoms. The van der Waals surface area contributed by atoms with Crippen LogP contribution in [-0.2, 0) is 0 Å². The van der Waals surface area contributed by atoms with Crippen molar-refractivity contribution in [2.24, 2.45) is 0 Å². The van der Waals surface area contributed by atoms with Gasteiger partial charge >= 0.3 is 28.9 Å². The Labute approximate surface area is 49.4 Å². The van der Waals surface area contributed by atoms with E-state index in [1.54, 1.807) is 0 Å². The maximum absolute atomic E-state index is 9.84. The first-order valence-electron chi connectivity index (χ1n) is 0.760. The first-order valence-corrected chi connectivity index (χ1v) is 3.95. The van der Waals surface area contributed by atoms with Crippen molar-refractivity contribution in [2.45, 2.75) is 0 Å². The number of halogens is 6. The van der Waals surface area contributed by atoms with Gasteiger partial charge in [-0.2, -0.15) is 3.56 Å². The molecule has 0 aromatic rings. The van der Waals surface area contributed by atoms with Gasteiger partial charge in [0.25, 0.3) is 0 Å². The van der Waals surface area contributed by atoms with E-state index in [0.29, 0.717) is 0 Å². The average Bonchev–Trinajstić information content (AvgIpc) is 1.36. The van der Waals surface area contributed by atoms with Gasteiger partial charge in [-0.25, -0.2) is 0 Å². The predicted octanol–water partition coefficient (Wildman–Crippen LogP) is 2.57. The molecule has 0 aromatic heterocycles. The molecule has 7 heteroatoms. The molecule has 0 heterocycles. The number of hydrogen-bond donors (Lipinski definition) is 0. The van der Waals surface area contributed by atoms with Crippen molar-refractivity contribution in [1.82, 2.24) is 0 Å². The van der Waals surface area contributed by atoms with Crippen molar-refractivity contribution < 1.29 is 17.8 Å². The zero-order chi connectivity index (χ0) is 6.50. The van der Waals surface area contributed by atoms with E-state index in [4.69, 9.17) is 0 Å². The molecule has 0 aliphatic carbocycles. The van der Waals surface area contributed by atoms with E-state index in [1.807, 2.05) is 0 Å². The third kappa shape index (κ3) is 341. The van der Waals surface area contributed by atoms with Crippen LogP contribution in [0.5, 0.6) is 0 Å². The molecule has 0 bridgehead atoms. The van der Waals surface area contributed by atoms with Crippen LogP contribution in [0.4, 0.5) is 17.8 Å². The molecule has 7 heavy (non-hydrogen) atoms. The van der Waals surface area contributed by atoms with Crippen LogP contribution in [0.1, 0.15) is 0 Å². The normalized spacial score (nSPS) is 11.7. The monoisotopic (exact) mass is 254 g/mol. The standard InChI is InChI=1S/BrF.F4Se/c1-2;1-5(2,3)4. The molecular formula is BrF5Se. The second-order valence-corrected chi connectivity index (χ2v) is 1.82. The predicted molar refractivity (Wildman–Crippen MR) is 20.2 cm³/mol. The summed E-state index contributed by atoms with van der Waals surface area (Å²) in [4.78, 5) is 0. The molecule has 0 aliphatic heterocycles. The van der Waals surface area contributed by atoms with Crippen molar-refractivity contribution in [3.05, 3.63) is 0 Å². The molecule has 0 unspecified atom stereocenters. The second kappa shape index (κ2) is 4.80. The molecule has 48 valence electrons. The van der Waals surface area contributed by atoms with Crippen molar-refractivity contribution in [3.8, 4) is 0 Å². The Bertz CT molecular complexity index is 23.6. The van der Waals surface area contributed by atoms with Crippen LogP contribution in [0.15, 0.2) is 0 Å². The first-order chi connectivity index (χ1) is 3.00. The van der Waals surface area contributed by atoms with E-state index in [0.717, 1.165) is 0 Å². The van der Waals surface area contributed by atoms with Gasteiger partial charge in [0.05, 0.1) is 0 Å². The fourth-order valence-electron chi connectivity index (χ4n) is 0. The van der Waals surface area contributed by atoms with E-state index in [9.17, 15) is 17.8 Å². The third-order valence-electron chi connectivity index (χ3n) is 0. The fraction of sp³-hybridized carbons (Fsp3) is 0. The molecule has 0 saturated heterocycles. The quantitative estimate of drug-likeness (QED) is 0.460. The zero-order valence-electron chi connectivity index (χ0n) is 2.68. The van der Waals surface area contributed by atoms with Gasteiger partial charge in [0.15, 0.2) is 16.4 Å². The summed E-state index contributed by atoms with van der Waals surface area (Å²) >= 11 is -5.31. The molecule has 0 rings (SSSR count). The summed E-state index contributed by atoms with van der Waals surface area (Å²) in [5.74, 6) is 0. The van der Waals surface area contributed by atoms with Crippen LogP contribution < -0.4 is 0 Å². The van der Waals surface area contributed by atoms with Crippen LogP contribution in [0.3, 0.4) is 0 Å². The first kappa shape index (κ1) is 10.6. The van der Waals surface area contributed by atoms with Gasteiger partial charge in [-0.1, -0.05) is 0 Å². The van der Waals surface area contributed by atoms with E-state index >= 15 is 0 Å². The minimum absolute atomic E-state index is 1.44. The van der Waals surface area contributed by atoms with E-state index < -0.39 is 14.7 Å². The van der Waals surface area contributed by atoms with Gasteiger partial charge in [-0.05, 0) is 0 Å². The molecule has 0 fully saturated rings. The summed E-state index contributed by atoms with van der Waals surface area (Å²) in [5, 5.41) is 0. The summed E-state index contributed by atoms with van der Waals surface area (Å²) in [6.07, 6.45) is 0. The third-order valence-corrected chi connectivity index (χ3v) is 0. The van der Waals surface area contributed by atoms with Gasteiger partial charge in [-0.15, -0.1) is 0 Å². The topological polar surface area (TPSA) is 0 Å². The molecule has 0 saturated carbocycles. The number of rotatable bonds is 0. The van der Waals surface area contributed by atoms with Crippen molar-refractivity contribution >= 4 is 31.0 Å². The van der Waals surface area contributed by atoms with Crippen molar-refractivity contribution in [1.29, 1.82) is 0 Å². The Morgan fingerprint density at radius 1 is 0.857 bits per heavy atom. The molecule has 0 radical (unpaired) electrons. The summed E-state index contributed by atoms with van der Waals surface area (Å²) in [6.45, 7) is 0. The molecule has 0 amide bonds. The van der Waals surface area contributed by atoms with Crippen LogP contribution in [0, 0.1) is 0 Å². The summed E-state index contributed by atoms with van der Waals surface area (Å²) in [7, 11) is 0. The molecule has 0 atom stereocenters. The van der Waals surface area contributed by atoms with E-state index in [-0.39, 0.29) is 0 Å². The van der Waals surface area contributed by atoms with Crippen molar-refractivity contribution in [2.75, 3.05) is 0 Å². The SMILES string of the molecule is FBr.F[Se](F)(F)F. The summed E-state index contributed by atoms with van der Waals surface area (Å²) in [5.41, 5.74) is 0. The Morgan fingerprint density at radius 3 is 0.857 bits per heavy atom. The summed E-state index contributed by atoms with van der Waals surface area (Å²) < 4.78 is 48.7. The van der Waals surface area contributed by atoms with Gasteiger partial charge in [-0.3, -0.25) is 0 Å². The van der Waals surface area contributed by atoms with Gasteiger partial charge in [0.2, 0.25) is 0 Å². The van der Waals surface area contributed by atoms with Crippen LogP contribution in [-0.4, -0.2) is 14.7 Å². The maximum atomic E-state index is 9.84. The van der Waals surface area contributed by atoms with E-state index in [1.165, 1.54) is 16.4 Å². The second-order valence-electron chi connectivity index (χ2n) is 0.350. The summed E-state index contributed by atoms with van der Waals surface area (Å²) in [6, 6.07) is 0. The van der Waals surface area contributed by atoms with Gasteiger partial charge in [0.1, 0.15) is 0 Å². The Morgan fingerprint density at radius 2 is 0.857 bits per heavy atom. The number of hydrogen-bond acceptors (Lipinski definition) is 0. The Balaban J connectivity index is 0.